The van der Waals surface area contributed by atoms with Crippen LogP contribution in [-0.4, -0.2) is 48.7 Å². The van der Waals surface area contributed by atoms with Crippen molar-refractivity contribution in [3.8, 4) is 11.5 Å². The molecule has 0 fully saturated rings. The first-order valence-corrected chi connectivity index (χ1v) is 10.8. The molecule has 4 N–H and O–H groups in total. The zero-order valence-corrected chi connectivity index (χ0v) is 18.4. The molecular weight excluding hydrogens is 450 g/mol. The number of benzene rings is 2. The van der Waals surface area contributed by atoms with Gasteiger partial charge in [0.1, 0.15) is 6.10 Å². The second kappa shape index (κ2) is 10.6. The molecule has 2 heterocycles. The van der Waals surface area contributed by atoms with Crippen molar-refractivity contribution < 1.29 is 28.9 Å². The van der Waals surface area contributed by atoms with Crippen LogP contribution < -0.4 is 25.4 Å². The Labute approximate surface area is 195 Å². The standard InChI is InChI=1S/C23H24ClN3O6/c24-15-3-1-14(2-4-15)11-25-22(29)10-17-6-7-18(21(12-28)33-17)27-23(30)26-16-5-8-19-20(9-16)32-13-31-19/h1-9,17-18,21,28H,10-13H2,(H,25,29)(H2,26,27,30)/t17-,18-,21-/m0/s1. The fourth-order valence-electron chi connectivity index (χ4n) is 3.49. The van der Waals surface area contributed by atoms with Gasteiger partial charge in [-0.1, -0.05) is 35.9 Å². The molecule has 2 aliphatic rings. The topological polar surface area (TPSA) is 118 Å². The minimum atomic E-state index is -0.688. The van der Waals surface area contributed by atoms with Crippen LogP contribution in [0.5, 0.6) is 11.5 Å². The van der Waals surface area contributed by atoms with Crippen LogP contribution in [0.2, 0.25) is 5.02 Å². The maximum Gasteiger partial charge on any atom is 0.319 e. The summed E-state index contributed by atoms with van der Waals surface area (Å²) in [7, 11) is 0. The number of amides is 3. The number of carbonyl (C=O) groups is 2. The van der Waals surface area contributed by atoms with Gasteiger partial charge in [0.25, 0.3) is 0 Å². The highest BCUT2D eigenvalue weighted by molar-refractivity contribution is 6.30. The highest BCUT2D eigenvalue weighted by atomic mass is 35.5. The SMILES string of the molecule is O=C(C[C@@H]1C=C[C@H](NC(=O)Nc2ccc3c(c2)OCO3)[C@H](CO)O1)NCc1ccc(Cl)cc1. The van der Waals surface area contributed by atoms with E-state index in [2.05, 4.69) is 16.0 Å². The van der Waals surface area contributed by atoms with E-state index in [1.807, 2.05) is 12.1 Å². The molecule has 33 heavy (non-hydrogen) atoms. The Morgan fingerprint density at radius 1 is 1.06 bits per heavy atom. The molecule has 0 bridgehead atoms. The monoisotopic (exact) mass is 473 g/mol. The summed E-state index contributed by atoms with van der Waals surface area (Å²) >= 11 is 5.86. The van der Waals surface area contributed by atoms with Gasteiger partial charge in [0.15, 0.2) is 11.5 Å². The van der Waals surface area contributed by atoms with Crippen LogP contribution in [0.15, 0.2) is 54.6 Å². The average Bonchev–Trinajstić information content (AvgIpc) is 3.27. The van der Waals surface area contributed by atoms with Crippen LogP contribution in [0.1, 0.15) is 12.0 Å². The van der Waals surface area contributed by atoms with E-state index < -0.39 is 24.3 Å². The van der Waals surface area contributed by atoms with E-state index in [-0.39, 0.29) is 25.7 Å². The number of anilines is 1. The van der Waals surface area contributed by atoms with Crippen molar-refractivity contribution in [3.05, 3.63) is 65.2 Å². The first-order valence-electron chi connectivity index (χ1n) is 10.4. The minimum absolute atomic E-state index is 0.0940. The third-order valence-electron chi connectivity index (χ3n) is 5.18. The summed E-state index contributed by atoms with van der Waals surface area (Å²) in [6.45, 7) is 0.204. The van der Waals surface area contributed by atoms with Crippen LogP contribution in [0.3, 0.4) is 0 Å². The Kier molecular flexibility index (Phi) is 7.33. The summed E-state index contributed by atoms with van der Waals surface area (Å²) in [6, 6.07) is 11.2. The summed E-state index contributed by atoms with van der Waals surface area (Å²) in [5.41, 5.74) is 1.46. The van der Waals surface area contributed by atoms with E-state index in [1.165, 1.54) is 0 Å². The molecule has 0 saturated carbocycles. The summed E-state index contributed by atoms with van der Waals surface area (Å²) in [5.74, 6) is 0.982. The van der Waals surface area contributed by atoms with E-state index in [9.17, 15) is 14.7 Å². The van der Waals surface area contributed by atoms with Crippen LogP contribution in [0.25, 0.3) is 0 Å². The van der Waals surface area contributed by atoms with Crippen molar-refractivity contribution in [2.24, 2.45) is 0 Å². The van der Waals surface area contributed by atoms with Crippen LogP contribution in [0.4, 0.5) is 10.5 Å². The summed E-state index contributed by atoms with van der Waals surface area (Å²) < 4.78 is 16.4. The quantitative estimate of drug-likeness (QED) is 0.459. The van der Waals surface area contributed by atoms with Gasteiger partial charge in [-0.25, -0.2) is 4.79 Å². The summed E-state index contributed by atoms with van der Waals surface area (Å²) in [4.78, 5) is 24.7. The third-order valence-corrected chi connectivity index (χ3v) is 5.43. The fraction of sp³-hybridized carbons (Fsp3) is 0.304. The lowest BCUT2D eigenvalue weighted by molar-refractivity contribution is -0.125. The molecule has 0 spiro atoms. The molecule has 0 radical (unpaired) electrons. The molecule has 4 rings (SSSR count). The second-order valence-electron chi connectivity index (χ2n) is 7.58. The molecule has 174 valence electrons. The molecule has 2 aromatic carbocycles. The maximum absolute atomic E-state index is 12.4. The van der Waals surface area contributed by atoms with E-state index >= 15 is 0 Å². The number of fused-ring (bicyclic) bond motifs is 1. The molecule has 0 saturated heterocycles. The normalized spacial score (nSPS) is 20.8. The van der Waals surface area contributed by atoms with Crippen molar-refractivity contribution in [2.75, 3.05) is 18.7 Å². The van der Waals surface area contributed by atoms with Gasteiger partial charge in [-0.05, 0) is 29.8 Å². The van der Waals surface area contributed by atoms with E-state index in [0.717, 1.165) is 5.56 Å². The van der Waals surface area contributed by atoms with Gasteiger partial charge in [0.2, 0.25) is 12.7 Å². The van der Waals surface area contributed by atoms with Gasteiger partial charge in [-0.2, -0.15) is 0 Å². The van der Waals surface area contributed by atoms with Gasteiger partial charge >= 0.3 is 6.03 Å². The Morgan fingerprint density at radius 2 is 1.85 bits per heavy atom. The zero-order valence-electron chi connectivity index (χ0n) is 17.6. The number of rotatable bonds is 7. The number of nitrogens with one attached hydrogen (secondary N) is 3. The van der Waals surface area contributed by atoms with Gasteiger partial charge < -0.3 is 35.3 Å². The highest BCUT2D eigenvalue weighted by Crippen LogP contribution is 2.34. The Bertz CT molecular complexity index is 1030. The smallest absolute Gasteiger partial charge is 0.319 e. The van der Waals surface area contributed by atoms with Gasteiger partial charge in [0, 0.05) is 23.3 Å². The van der Waals surface area contributed by atoms with Crippen LogP contribution in [-0.2, 0) is 16.1 Å². The molecular formula is C23H24ClN3O6. The second-order valence-corrected chi connectivity index (χ2v) is 8.02. The number of aliphatic hydroxyl groups is 1. The van der Waals surface area contributed by atoms with Crippen molar-refractivity contribution in [3.63, 3.8) is 0 Å². The minimum Gasteiger partial charge on any atom is -0.454 e. The summed E-state index contributed by atoms with van der Waals surface area (Å²) in [6.07, 6.45) is 2.32. The van der Waals surface area contributed by atoms with E-state index in [0.29, 0.717) is 28.8 Å². The predicted molar refractivity (Wildman–Crippen MR) is 121 cm³/mol. The fourth-order valence-corrected chi connectivity index (χ4v) is 3.61. The van der Waals surface area contributed by atoms with Gasteiger partial charge in [-0.3, -0.25) is 4.79 Å². The number of hydrogen-bond donors (Lipinski definition) is 4. The van der Waals surface area contributed by atoms with Crippen LogP contribution >= 0.6 is 11.6 Å². The third kappa shape index (κ3) is 6.16. The van der Waals surface area contributed by atoms with Crippen LogP contribution in [0, 0.1) is 0 Å². The average molecular weight is 474 g/mol. The van der Waals surface area contributed by atoms with Gasteiger partial charge in [0.05, 0.1) is 25.2 Å². The molecule has 3 amide bonds. The summed E-state index contributed by atoms with van der Waals surface area (Å²) in [5, 5.41) is 18.7. The number of hydrogen-bond acceptors (Lipinski definition) is 6. The first-order chi connectivity index (χ1) is 16.0. The largest absolute Gasteiger partial charge is 0.454 e. The molecule has 2 aromatic rings. The van der Waals surface area contributed by atoms with Gasteiger partial charge in [-0.15, -0.1) is 0 Å². The molecule has 3 atom stereocenters. The molecule has 2 aliphatic heterocycles. The number of urea groups is 1. The van der Waals surface area contributed by atoms with Crippen molar-refractivity contribution in [2.45, 2.75) is 31.2 Å². The van der Waals surface area contributed by atoms with Crippen molar-refractivity contribution in [1.29, 1.82) is 0 Å². The Hall–Kier alpha value is -3.27. The molecule has 9 nitrogen and oxygen atoms in total. The predicted octanol–water partition coefficient (Wildman–Crippen LogP) is 2.58. The van der Waals surface area contributed by atoms with Crippen molar-refractivity contribution in [1.82, 2.24) is 10.6 Å². The van der Waals surface area contributed by atoms with Crippen molar-refractivity contribution >= 4 is 29.2 Å². The van der Waals surface area contributed by atoms with E-state index in [4.69, 9.17) is 25.8 Å². The number of carbonyl (C=O) groups excluding carboxylic acids is 2. The van der Waals surface area contributed by atoms with E-state index in [1.54, 1.807) is 42.5 Å². The number of aliphatic hydroxyl groups excluding tert-OH is 1. The lowest BCUT2D eigenvalue weighted by Gasteiger charge is -2.31. The number of halogens is 1. The Morgan fingerprint density at radius 3 is 2.64 bits per heavy atom. The molecule has 0 unspecified atom stereocenters. The lowest BCUT2D eigenvalue weighted by atomic mass is 10.0. The first kappa shape index (κ1) is 22.9. The number of ether oxygens (including phenoxy) is 3. The molecule has 0 aromatic heterocycles. The Balaban J connectivity index is 1.26. The molecule has 10 heteroatoms. The zero-order chi connectivity index (χ0) is 23.2. The molecule has 0 aliphatic carbocycles. The highest BCUT2D eigenvalue weighted by Gasteiger charge is 2.29. The maximum atomic E-state index is 12.4. The lowest BCUT2D eigenvalue weighted by Crippen LogP contribution is -2.50.